The molecule has 0 nitrogen and oxygen atoms in total. The Bertz CT molecular complexity index is 1000. The fourth-order valence-electron chi connectivity index (χ4n) is 4.73. The maximum absolute atomic E-state index is 14.9. The summed E-state index contributed by atoms with van der Waals surface area (Å²) in [5.74, 6) is -0.717. The van der Waals surface area contributed by atoms with Crippen molar-refractivity contribution in [3.05, 3.63) is 71.5 Å². The van der Waals surface area contributed by atoms with E-state index in [2.05, 4.69) is 6.92 Å². The Morgan fingerprint density at radius 2 is 1.62 bits per heavy atom. The monoisotopic (exact) mass is 396 g/mol. The van der Waals surface area contributed by atoms with Gasteiger partial charge in [-0.05, 0) is 72.2 Å². The molecular formula is C26H27F3. The second-order valence-electron chi connectivity index (χ2n) is 8.40. The van der Waals surface area contributed by atoms with Crippen LogP contribution >= 0.6 is 0 Å². The molecule has 152 valence electrons. The first kappa shape index (κ1) is 20.0. The Balaban J connectivity index is 1.54. The minimum absolute atomic E-state index is 0.214. The molecule has 0 aliphatic heterocycles. The molecule has 1 aliphatic rings. The Kier molecular flexibility index (Phi) is 5.94. The molecule has 0 unspecified atom stereocenters. The van der Waals surface area contributed by atoms with Crippen LogP contribution in [0.5, 0.6) is 0 Å². The molecule has 3 aromatic carbocycles. The van der Waals surface area contributed by atoms with Crippen LogP contribution in [0.1, 0.15) is 63.4 Å². The average molecular weight is 396 g/mol. The van der Waals surface area contributed by atoms with Gasteiger partial charge >= 0.3 is 0 Å². The van der Waals surface area contributed by atoms with E-state index in [9.17, 15) is 13.2 Å². The minimum atomic E-state index is -0.870. The van der Waals surface area contributed by atoms with Gasteiger partial charge in [0, 0.05) is 10.9 Å². The summed E-state index contributed by atoms with van der Waals surface area (Å²) in [6.07, 6.45) is 8.62. The highest BCUT2D eigenvalue weighted by Gasteiger charge is 2.23. The van der Waals surface area contributed by atoms with E-state index in [1.54, 1.807) is 18.2 Å². The van der Waals surface area contributed by atoms with Crippen molar-refractivity contribution < 1.29 is 13.2 Å². The highest BCUT2D eigenvalue weighted by molar-refractivity contribution is 5.88. The molecule has 4 rings (SSSR count). The number of halogens is 3. The van der Waals surface area contributed by atoms with Crippen LogP contribution in [0, 0.1) is 23.4 Å². The third-order valence-electron chi connectivity index (χ3n) is 6.50. The van der Waals surface area contributed by atoms with Crippen LogP contribution in [-0.2, 0) is 0 Å². The molecule has 0 amide bonds. The molecule has 3 heteroatoms. The maximum atomic E-state index is 14.9. The summed E-state index contributed by atoms with van der Waals surface area (Å²) < 4.78 is 42.3. The van der Waals surface area contributed by atoms with Gasteiger partial charge < -0.3 is 0 Å². The van der Waals surface area contributed by atoms with Gasteiger partial charge in [-0.3, -0.25) is 0 Å². The number of fused-ring (bicyclic) bond motifs is 1. The fraction of sp³-hybridized carbons (Fsp3) is 0.385. The highest BCUT2D eigenvalue weighted by Crippen LogP contribution is 2.39. The third kappa shape index (κ3) is 4.19. The molecule has 1 aliphatic carbocycles. The fourth-order valence-corrected chi connectivity index (χ4v) is 4.73. The SMILES string of the molecule is CCCCC1CCC(c2ccc(-c3ccc4c(F)c(F)ccc4c3)c(F)c2)CC1. The van der Waals surface area contributed by atoms with Crippen molar-refractivity contribution in [2.75, 3.05) is 0 Å². The van der Waals surface area contributed by atoms with Gasteiger partial charge in [0.2, 0.25) is 0 Å². The predicted octanol–water partition coefficient (Wildman–Crippen LogP) is 8.39. The van der Waals surface area contributed by atoms with Gasteiger partial charge in [0.1, 0.15) is 5.82 Å². The summed E-state index contributed by atoms with van der Waals surface area (Å²) in [6.45, 7) is 2.24. The van der Waals surface area contributed by atoms with Gasteiger partial charge in [0.25, 0.3) is 0 Å². The molecule has 3 aromatic rings. The molecule has 0 radical (unpaired) electrons. The Morgan fingerprint density at radius 1 is 0.828 bits per heavy atom. The van der Waals surface area contributed by atoms with E-state index in [4.69, 9.17) is 0 Å². The largest absolute Gasteiger partial charge is 0.206 e. The lowest BCUT2D eigenvalue weighted by Gasteiger charge is -2.29. The Hall–Kier alpha value is -2.29. The number of unbranched alkanes of at least 4 members (excludes halogenated alkanes) is 1. The number of rotatable bonds is 5. The van der Waals surface area contributed by atoms with Crippen molar-refractivity contribution >= 4 is 10.8 Å². The molecule has 0 spiro atoms. The summed E-state index contributed by atoms with van der Waals surface area (Å²) in [6, 6.07) is 13.1. The third-order valence-corrected chi connectivity index (χ3v) is 6.50. The van der Waals surface area contributed by atoms with Crippen LogP contribution in [0.2, 0.25) is 0 Å². The lowest BCUT2D eigenvalue weighted by atomic mass is 9.77. The van der Waals surface area contributed by atoms with E-state index in [0.29, 0.717) is 22.4 Å². The van der Waals surface area contributed by atoms with Gasteiger partial charge in [0.15, 0.2) is 11.6 Å². The highest BCUT2D eigenvalue weighted by atomic mass is 19.2. The van der Waals surface area contributed by atoms with Crippen LogP contribution in [0.25, 0.3) is 21.9 Å². The van der Waals surface area contributed by atoms with Crippen molar-refractivity contribution in [1.29, 1.82) is 0 Å². The van der Waals surface area contributed by atoms with Crippen LogP contribution in [0.4, 0.5) is 13.2 Å². The zero-order valence-corrected chi connectivity index (χ0v) is 16.9. The summed E-state index contributed by atoms with van der Waals surface area (Å²) in [5, 5.41) is 0.779. The smallest absolute Gasteiger partial charge is 0.166 e. The van der Waals surface area contributed by atoms with E-state index in [1.165, 1.54) is 44.2 Å². The lowest BCUT2D eigenvalue weighted by Crippen LogP contribution is -2.13. The van der Waals surface area contributed by atoms with E-state index >= 15 is 0 Å². The van der Waals surface area contributed by atoms with Crippen LogP contribution in [0.15, 0.2) is 48.5 Å². The van der Waals surface area contributed by atoms with Crippen LogP contribution in [-0.4, -0.2) is 0 Å². The first-order valence-corrected chi connectivity index (χ1v) is 10.7. The molecular weight excluding hydrogens is 369 g/mol. The van der Waals surface area contributed by atoms with Gasteiger partial charge in [-0.1, -0.05) is 56.5 Å². The van der Waals surface area contributed by atoms with Crippen molar-refractivity contribution in [3.63, 3.8) is 0 Å². The molecule has 1 saturated carbocycles. The zero-order chi connectivity index (χ0) is 20.4. The van der Waals surface area contributed by atoms with Gasteiger partial charge in [0.05, 0.1) is 0 Å². The predicted molar refractivity (Wildman–Crippen MR) is 113 cm³/mol. The zero-order valence-electron chi connectivity index (χ0n) is 16.9. The molecule has 1 fully saturated rings. The van der Waals surface area contributed by atoms with Gasteiger partial charge in [-0.2, -0.15) is 0 Å². The van der Waals surface area contributed by atoms with Crippen molar-refractivity contribution in [1.82, 2.24) is 0 Å². The second kappa shape index (κ2) is 8.61. The molecule has 0 N–H and O–H groups in total. The molecule has 29 heavy (non-hydrogen) atoms. The average Bonchev–Trinajstić information content (AvgIpc) is 2.75. The van der Waals surface area contributed by atoms with Crippen LogP contribution in [0.3, 0.4) is 0 Å². The standard InChI is InChI=1S/C26H27F3/c1-2-3-4-17-5-7-18(8-6-17)19-9-12-22(25(28)16-19)20-10-13-23-21(15-20)11-14-24(27)26(23)29/h9-18H,2-8H2,1H3. The van der Waals surface area contributed by atoms with Gasteiger partial charge in [-0.15, -0.1) is 0 Å². The summed E-state index contributed by atoms with van der Waals surface area (Å²) >= 11 is 0. The normalized spacial score (nSPS) is 19.6. The van der Waals surface area contributed by atoms with Crippen molar-refractivity contribution in [2.24, 2.45) is 5.92 Å². The minimum Gasteiger partial charge on any atom is -0.206 e. The molecule has 0 saturated heterocycles. The van der Waals surface area contributed by atoms with E-state index in [-0.39, 0.29) is 11.2 Å². The molecule has 0 aromatic heterocycles. The number of hydrogen-bond donors (Lipinski definition) is 0. The Labute approximate surface area is 170 Å². The molecule has 0 bridgehead atoms. The molecule has 0 heterocycles. The summed E-state index contributed by atoms with van der Waals surface area (Å²) in [5.41, 5.74) is 2.25. The Morgan fingerprint density at radius 3 is 2.34 bits per heavy atom. The second-order valence-corrected chi connectivity index (χ2v) is 8.40. The van der Waals surface area contributed by atoms with Crippen LogP contribution < -0.4 is 0 Å². The summed E-state index contributed by atoms with van der Waals surface area (Å²) in [7, 11) is 0. The topological polar surface area (TPSA) is 0 Å². The first-order chi connectivity index (χ1) is 14.1. The van der Waals surface area contributed by atoms with E-state index in [0.717, 1.165) is 30.4 Å². The maximum Gasteiger partial charge on any atom is 0.166 e. The van der Waals surface area contributed by atoms with E-state index < -0.39 is 11.6 Å². The van der Waals surface area contributed by atoms with Crippen molar-refractivity contribution in [2.45, 2.75) is 57.8 Å². The number of hydrogen-bond acceptors (Lipinski definition) is 0. The van der Waals surface area contributed by atoms with E-state index in [1.807, 2.05) is 12.1 Å². The van der Waals surface area contributed by atoms with Gasteiger partial charge in [-0.25, -0.2) is 13.2 Å². The number of benzene rings is 3. The molecule has 0 atom stereocenters. The summed E-state index contributed by atoms with van der Waals surface area (Å²) in [4.78, 5) is 0. The first-order valence-electron chi connectivity index (χ1n) is 10.7. The van der Waals surface area contributed by atoms with Crippen molar-refractivity contribution in [3.8, 4) is 11.1 Å². The lowest BCUT2D eigenvalue weighted by molar-refractivity contribution is 0.304. The quantitative estimate of drug-likeness (QED) is 0.406.